The normalized spacial score (nSPS) is 19.2. The molecule has 0 unspecified atom stereocenters. The third-order valence-electron chi connectivity index (χ3n) is 6.67. The molecule has 0 amide bonds. The maximum absolute atomic E-state index is 6.71. The Morgan fingerprint density at radius 3 is 2.62 bits per heavy atom. The lowest BCUT2D eigenvalue weighted by Gasteiger charge is -2.42. The number of halogens is 2. The maximum Gasteiger partial charge on any atom is 0.232 e. The first kappa shape index (κ1) is 21.8. The Morgan fingerprint density at radius 1 is 1.09 bits per heavy atom. The molecule has 8 heteroatoms. The van der Waals surface area contributed by atoms with Gasteiger partial charge in [0.05, 0.1) is 28.2 Å². The highest BCUT2D eigenvalue weighted by molar-refractivity contribution is 7.99. The number of nitrogens with two attached hydrogens (primary N) is 1. The van der Waals surface area contributed by atoms with Gasteiger partial charge in [0.1, 0.15) is 0 Å². The summed E-state index contributed by atoms with van der Waals surface area (Å²) in [6.07, 6.45) is 4.88. The smallest absolute Gasteiger partial charge is 0.232 e. The number of nitrogens with zero attached hydrogens (tertiary/aromatic N) is 3. The van der Waals surface area contributed by atoms with Gasteiger partial charge >= 0.3 is 0 Å². The van der Waals surface area contributed by atoms with Crippen LogP contribution in [0.5, 0.6) is 5.88 Å². The van der Waals surface area contributed by atoms with E-state index in [0.717, 1.165) is 42.1 Å². The molecule has 3 aromatic rings. The Hall–Kier alpha value is -1.99. The molecule has 2 heterocycles. The first-order valence-corrected chi connectivity index (χ1v) is 12.2. The van der Waals surface area contributed by atoms with Crippen LogP contribution in [0.25, 0.3) is 0 Å². The van der Waals surface area contributed by atoms with Crippen molar-refractivity contribution < 1.29 is 4.74 Å². The molecular formula is C24H24Cl2N4OS. The van der Waals surface area contributed by atoms with E-state index in [2.05, 4.69) is 34.1 Å². The van der Waals surface area contributed by atoms with E-state index in [1.807, 2.05) is 12.1 Å². The summed E-state index contributed by atoms with van der Waals surface area (Å²) in [4.78, 5) is 13.2. The van der Waals surface area contributed by atoms with Crippen LogP contribution in [-0.4, -0.2) is 30.2 Å². The van der Waals surface area contributed by atoms with E-state index >= 15 is 0 Å². The monoisotopic (exact) mass is 486 g/mol. The number of methoxy groups -OCH3 is 1. The summed E-state index contributed by atoms with van der Waals surface area (Å²) in [7, 11) is 1.62. The van der Waals surface area contributed by atoms with Crippen LogP contribution in [0.4, 0.5) is 5.95 Å². The minimum atomic E-state index is 0.0949. The molecule has 166 valence electrons. The highest BCUT2D eigenvalue weighted by Gasteiger charge is 2.46. The van der Waals surface area contributed by atoms with Crippen molar-refractivity contribution in [3.63, 3.8) is 0 Å². The quantitative estimate of drug-likeness (QED) is 0.503. The zero-order valence-corrected chi connectivity index (χ0v) is 20.1. The number of hydrogen-bond donors (Lipinski definition) is 1. The minimum absolute atomic E-state index is 0.0949. The van der Waals surface area contributed by atoms with Crippen molar-refractivity contribution in [2.24, 2.45) is 11.1 Å². The number of piperidine rings is 1. The molecule has 2 N–H and O–H groups in total. The second kappa shape index (κ2) is 8.75. The third kappa shape index (κ3) is 3.83. The Balaban J connectivity index is 1.32. The molecule has 1 aliphatic heterocycles. The lowest BCUT2D eigenvalue weighted by atomic mass is 9.73. The second-order valence-corrected chi connectivity index (χ2v) is 10.3. The van der Waals surface area contributed by atoms with Crippen LogP contribution in [0.15, 0.2) is 58.5 Å². The van der Waals surface area contributed by atoms with Crippen LogP contribution in [0.1, 0.15) is 30.0 Å². The van der Waals surface area contributed by atoms with Gasteiger partial charge in [-0.25, -0.2) is 4.98 Å². The lowest BCUT2D eigenvalue weighted by Crippen LogP contribution is -2.44. The van der Waals surface area contributed by atoms with E-state index in [1.54, 1.807) is 19.4 Å². The molecule has 1 aliphatic carbocycles. The fourth-order valence-corrected chi connectivity index (χ4v) is 6.23. The highest BCUT2D eigenvalue weighted by Crippen LogP contribution is 2.51. The van der Waals surface area contributed by atoms with Crippen LogP contribution < -0.4 is 15.4 Å². The van der Waals surface area contributed by atoms with Crippen molar-refractivity contribution >= 4 is 40.9 Å². The number of aromatic nitrogens is 2. The van der Waals surface area contributed by atoms with Crippen molar-refractivity contribution in [2.75, 3.05) is 25.1 Å². The fraction of sp³-hybridized carbons (Fsp3) is 0.333. The number of benzene rings is 2. The van der Waals surface area contributed by atoms with Gasteiger partial charge < -0.3 is 15.4 Å². The van der Waals surface area contributed by atoms with Gasteiger partial charge in [-0.15, -0.1) is 0 Å². The summed E-state index contributed by atoms with van der Waals surface area (Å²) in [5, 5.41) is 1.03. The predicted molar refractivity (Wildman–Crippen MR) is 130 cm³/mol. The summed E-state index contributed by atoms with van der Waals surface area (Å²) < 4.78 is 5.58. The molecule has 0 bridgehead atoms. The van der Waals surface area contributed by atoms with Crippen molar-refractivity contribution in [1.82, 2.24) is 9.97 Å². The first-order valence-electron chi connectivity index (χ1n) is 10.6. The zero-order valence-electron chi connectivity index (χ0n) is 17.7. The van der Waals surface area contributed by atoms with E-state index in [1.165, 1.54) is 22.9 Å². The van der Waals surface area contributed by atoms with E-state index in [4.69, 9.17) is 38.7 Å². The molecule has 1 spiro atoms. The van der Waals surface area contributed by atoms with Gasteiger partial charge in [-0.3, -0.25) is 0 Å². The summed E-state index contributed by atoms with van der Waals surface area (Å²) in [6, 6.07) is 14.2. The molecule has 1 saturated heterocycles. The van der Waals surface area contributed by atoms with Gasteiger partial charge in [-0.1, -0.05) is 65.3 Å². The Kier molecular flexibility index (Phi) is 5.97. The van der Waals surface area contributed by atoms with Crippen molar-refractivity contribution in [3.8, 4) is 5.88 Å². The Bertz CT molecular complexity index is 1150. The largest absolute Gasteiger partial charge is 0.480 e. The Morgan fingerprint density at radius 2 is 1.88 bits per heavy atom. The third-order valence-corrected chi connectivity index (χ3v) is 8.66. The second-order valence-electron chi connectivity index (χ2n) is 8.40. The summed E-state index contributed by atoms with van der Waals surface area (Å²) in [6.45, 7) is 1.74. The van der Waals surface area contributed by atoms with Crippen LogP contribution in [0.2, 0.25) is 10.0 Å². The van der Waals surface area contributed by atoms with Crippen molar-refractivity contribution in [2.45, 2.75) is 35.1 Å². The van der Waals surface area contributed by atoms with Gasteiger partial charge in [0.15, 0.2) is 0 Å². The number of hydrogen-bond acceptors (Lipinski definition) is 6. The number of rotatable bonds is 4. The molecule has 5 nitrogen and oxygen atoms in total. The number of fused-ring (bicyclic) bond motifs is 1. The average Bonchev–Trinajstić information content (AvgIpc) is 3.09. The zero-order chi connectivity index (χ0) is 22.3. The molecule has 32 heavy (non-hydrogen) atoms. The van der Waals surface area contributed by atoms with Crippen molar-refractivity contribution in [1.29, 1.82) is 0 Å². The Labute approximate surface area is 202 Å². The maximum atomic E-state index is 6.71. The predicted octanol–water partition coefficient (Wildman–Crippen LogP) is 5.79. The van der Waals surface area contributed by atoms with E-state index in [0.29, 0.717) is 21.9 Å². The molecular weight excluding hydrogens is 463 g/mol. The van der Waals surface area contributed by atoms with Gasteiger partial charge in [-0.05, 0) is 47.9 Å². The molecule has 2 aromatic carbocycles. The SMILES string of the molecule is COc1nc(N2CCC3(CC2)Cc2ccccc2[C@H]3N)ncc1Sc1cccc(Cl)c1Cl. The average molecular weight is 487 g/mol. The van der Waals surface area contributed by atoms with Gasteiger partial charge in [0, 0.05) is 24.0 Å². The summed E-state index contributed by atoms with van der Waals surface area (Å²) >= 11 is 13.9. The topological polar surface area (TPSA) is 64.3 Å². The highest BCUT2D eigenvalue weighted by atomic mass is 35.5. The number of anilines is 1. The van der Waals surface area contributed by atoms with Crippen LogP contribution >= 0.6 is 35.0 Å². The van der Waals surface area contributed by atoms with Gasteiger partial charge in [0.2, 0.25) is 11.8 Å². The fourth-order valence-electron chi connectivity index (χ4n) is 4.85. The molecule has 1 fully saturated rings. The van der Waals surface area contributed by atoms with E-state index < -0.39 is 0 Å². The minimum Gasteiger partial charge on any atom is -0.480 e. The van der Waals surface area contributed by atoms with Crippen molar-refractivity contribution in [3.05, 3.63) is 69.8 Å². The lowest BCUT2D eigenvalue weighted by molar-refractivity contribution is 0.186. The van der Waals surface area contributed by atoms with E-state index in [-0.39, 0.29) is 11.5 Å². The van der Waals surface area contributed by atoms with Gasteiger partial charge in [-0.2, -0.15) is 4.98 Å². The summed E-state index contributed by atoms with van der Waals surface area (Å²) in [5.41, 5.74) is 9.54. The van der Waals surface area contributed by atoms with Gasteiger partial charge in [0.25, 0.3) is 0 Å². The van der Waals surface area contributed by atoms with Crippen LogP contribution in [0, 0.1) is 5.41 Å². The molecule has 0 saturated carbocycles. The molecule has 1 aromatic heterocycles. The van der Waals surface area contributed by atoms with E-state index in [9.17, 15) is 0 Å². The van der Waals surface area contributed by atoms with Crippen LogP contribution in [0.3, 0.4) is 0 Å². The van der Waals surface area contributed by atoms with Crippen LogP contribution in [-0.2, 0) is 6.42 Å². The molecule has 2 aliphatic rings. The standard InChI is InChI=1S/C24H24Cl2N4OS/c1-31-22-19(32-18-8-4-7-17(25)20(18)26)14-28-23(29-22)30-11-9-24(10-12-30)13-15-5-2-3-6-16(15)21(24)27/h2-8,14,21H,9-13,27H2,1H3/t21-/m1/s1. The molecule has 5 rings (SSSR count). The molecule has 1 atom stereocenters. The summed E-state index contributed by atoms with van der Waals surface area (Å²) in [5.74, 6) is 1.21. The number of ether oxygens (including phenoxy) is 1. The molecule has 0 radical (unpaired) electrons. The first-order chi connectivity index (χ1) is 15.5.